The molecule has 0 heterocycles. The molecule has 0 radical (unpaired) electrons. The number of nitro groups is 1. The summed E-state index contributed by atoms with van der Waals surface area (Å²) in [5, 5.41) is 37.5. The summed E-state index contributed by atoms with van der Waals surface area (Å²) < 4.78 is 11.4. The van der Waals surface area contributed by atoms with Gasteiger partial charge in [-0.05, 0) is 42.5 Å². The molecule has 36 heavy (non-hydrogen) atoms. The maximum atomic E-state index is 10.9. The summed E-state index contributed by atoms with van der Waals surface area (Å²) in [7, 11) is 1.62. The lowest BCUT2D eigenvalue weighted by Gasteiger charge is -2.28. The monoisotopic (exact) mass is 484 g/mol. The highest BCUT2D eigenvalue weighted by Crippen LogP contribution is 2.27. The first-order valence-corrected chi connectivity index (χ1v) is 11.1. The van der Waals surface area contributed by atoms with Crippen LogP contribution in [0.4, 0.5) is 22.7 Å². The molecule has 0 aliphatic carbocycles. The number of para-hydroxylation sites is 1. The van der Waals surface area contributed by atoms with E-state index in [0.717, 1.165) is 17.5 Å². The standard InChI is InChI=1S/C26H24N6O4/c1-35-25(19-36-24-6-3-2-4-7-24)18-31(15-5-14-27)22-10-8-21(9-11-22)29-30-26-13-12-23(32(33)34)16-20(26)17-28/h2-4,6-13,16,25H,5,15,18-19H2,1H3. The van der Waals surface area contributed by atoms with Crippen LogP contribution >= 0.6 is 0 Å². The lowest BCUT2D eigenvalue weighted by molar-refractivity contribution is -0.384. The van der Waals surface area contributed by atoms with E-state index in [1.54, 1.807) is 19.2 Å². The van der Waals surface area contributed by atoms with Gasteiger partial charge in [-0.3, -0.25) is 10.1 Å². The Morgan fingerprint density at radius 1 is 1.06 bits per heavy atom. The van der Waals surface area contributed by atoms with Gasteiger partial charge >= 0.3 is 0 Å². The summed E-state index contributed by atoms with van der Waals surface area (Å²) >= 11 is 0. The van der Waals surface area contributed by atoms with Crippen LogP contribution in [-0.2, 0) is 4.74 Å². The van der Waals surface area contributed by atoms with Crippen LogP contribution < -0.4 is 9.64 Å². The van der Waals surface area contributed by atoms with Crippen molar-refractivity contribution in [3.8, 4) is 17.9 Å². The van der Waals surface area contributed by atoms with Gasteiger partial charge in [-0.25, -0.2) is 0 Å². The van der Waals surface area contributed by atoms with Gasteiger partial charge in [-0.1, -0.05) is 18.2 Å². The van der Waals surface area contributed by atoms with Crippen LogP contribution in [0.3, 0.4) is 0 Å². The van der Waals surface area contributed by atoms with Crippen molar-refractivity contribution in [2.24, 2.45) is 10.2 Å². The van der Waals surface area contributed by atoms with Crippen molar-refractivity contribution in [3.05, 3.63) is 88.5 Å². The smallest absolute Gasteiger partial charge is 0.270 e. The molecule has 3 aromatic rings. The zero-order valence-corrected chi connectivity index (χ0v) is 19.7. The maximum absolute atomic E-state index is 10.9. The zero-order chi connectivity index (χ0) is 25.8. The third-order valence-electron chi connectivity index (χ3n) is 5.23. The predicted molar refractivity (Wildman–Crippen MR) is 134 cm³/mol. The van der Waals surface area contributed by atoms with E-state index in [1.807, 2.05) is 53.4 Å². The maximum Gasteiger partial charge on any atom is 0.270 e. The van der Waals surface area contributed by atoms with Crippen LogP contribution in [-0.4, -0.2) is 37.8 Å². The zero-order valence-electron chi connectivity index (χ0n) is 19.7. The Hall–Kier alpha value is -4.80. The average molecular weight is 485 g/mol. The van der Waals surface area contributed by atoms with Crippen LogP contribution in [0.5, 0.6) is 5.75 Å². The summed E-state index contributed by atoms with van der Waals surface area (Å²) in [4.78, 5) is 12.4. The van der Waals surface area contributed by atoms with Gasteiger partial charge in [-0.2, -0.15) is 15.6 Å². The Bertz CT molecular complexity index is 1270. The Morgan fingerprint density at radius 2 is 1.81 bits per heavy atom. The van der Waals surface area contributed by atoms with Crippen molar-refractivity contribution in [2.45, 2.75) is 12.5 Å². The molecular formula is C26H24N6O4. The van der Waals surface area contributed by atoms with Gasteiger partial charge in [0.25, 0.3) is 5.69 Å². The minimum absolute atomic E-state index is 0.0653. The van der Waals surface area contributed by atoms with Crippen molar-refractivity contribution in [3.63, 3.8) is 0 Å². The lowest BCUT2D eigenvalue weighted by atomic mass is 10.2. The molecule has 0 N–H and O–H groups in total. The highest BCUT2D eigenvalue weighted by Gasteiger charge is 2.16. The summed E-state index contributed by atoms with van der Waals surface area (Å²) in [6.07, 6.45) is 0.115. The van der Waals surface area contributed by atoms with Crippen LogP contribution in [0.25, 0.3) is 0 Å². The van der Waals surface area contributed by atoms with Crippen molar-refractivity contribution in [1.82, 2.24) is 0 Å². The highest BCUT2D eigenvalue weighted by atomic mass is 16.6. The first-order valence-electron chi connectivity index (χ1n) is 11.1. The van der Waals surface area contributed by atoms with Gasteiger partial charge < -0.3 is 14.4 Å². The topological polar surface area (TPSA) is 137 Å². The highest BCUT2D eigenvalue weighted by molar-refractivity contribution is 5.58. The second kappa shape index (κ2) is 13.2. The molecule has 1 unspecified atom stereocenters. The van der Waals surface area contributed by atoms with Gasteiger partial charge in [-0.15, -0.1) is 5.11 Å². The van der Waals surface area contributed by atoms with E-state index >= 15 is 0 Å². The van der Waals surface area contributed by atoms with Crippen LogP contribution in [0, 0.1) is 32.8 Å². The molecule has 3 aromatic carbocycles. The average Bonchev–Trinajstić information content (AvgIpc) is 2.92. The summed E-state index contributed by atoms with van der Waals surface area (Å²) in [6, 6.07) is 24.6. The van der Waals surface area contributed by atoms with Crippen molar-refractivity contribution in [1.29, 1.82) is 10.5 Å². The van der Waals surface area contributed by atoms with Crippen LogP contribution in [0.15, 0.2) is 83.0 Å². The number of nitriles is 2. The normalized spacial score (nSPS) is 11.4. The van der Waals surface area contributed by atoms with Crippen molar-refractivity contribution < 1.29 is 14.4 Å². The quantitative estimate of drug-likeness (QED) is 0.183. The Morgan fingerprint density at radius 3 is 2.44 bits per heavy atom. The number of methoxy groups -OCH3 is 1. The number of benzene rings is 3. The number of ether oxygens (including phenoxy) is 2. The molecule has 10 heteroatoms. The summed E-state index contributed by atoms with van der Waals surface area (Å²) in [6.45, 7) is 1.38. The van der Waals surface area contributed by atoms with E-state index in [2.05, 4.69) is 16.3 Å². The first-order chi connectivity index (χ1) is 17.5. The van der Waals surface area contributed by atoms with Gasteiger partial charge in [0.1, 0.15) is 30.2 Å². The van der Waals surface area contributed by atoms with Crippen molar-refractivity contribution >= 4 is 22.7 Å². The molecule has 0 spiro atoms. The van der Waals surface area contributed by atoms with E-state index in [0.29, 0.717) is 31.8 Å². The fourth-order valence-electron chi connectivity index (χ4n) is 3.31. The molecular weight excluding hydrogens is 460 g/mol. The molecule has 0 fully saturated rings. The van der Waals surface area contributed by atoms with Gasteiger partial charge in [0.15, 0.2) is 0 Å². The van der Waals surface area contributed by atoms with E-state index in [9.17, 15) is 15.4 Å². The molecule has 0 aliphatic rings. The summed E-state index contributed by atoms with van der Waals surface area (Å²) in [5.74, 6) is 0.755. The SMILES string of the molecule is COC(COc1ccccc1)CN(CCC#N)c1ccc(N=Nc2ccc([N+](=O)[O-])cc2C#N)cc1. The number of anilines is 1. The molecule has 0 bridgehead atoms. The number of azo groups is 1. The third kappa shape index (κ3) is 7.35. The molecule has 0 saturated heterocycles. The number of non-ortho nitro benzene ring substituents is 1. The lowest BCUT2D eigenvalue weighted by Crippen LogP contribution is -2.37. The largest absolute Gasteiger partial charge is 0.491 e. The first kappa shape index (κ1) is 25.8. The number of rotatable bonds is 12. The van der Waals surface area contributed by atoms with Crippen LogP contribution in [0.2, 0.25) is 0 Å². The van der Waals surface area contributed by atoms with E-state index < -0.39 is 4.92 Å². The number of nitrogens with zero attached hydrogens (tertiary/aromatic N) is 6. The molecule has 0 saturated carbocycles. The van der Waals surface area contributed by atoms with Gasteiger partial charge in [0.2, 0.25) is 0 Å². The second-order valence-electron chi connectivity index (χ2n) is 7.62. The minimum atomic E-state index is -0.569. The fourth-order valence-corrected chi connectivity index (χ4v) is 3.31. The molecule has 3 rings (SSSR count). The fraction of sp³-hybridized carbons (Fsp3) is 0.231. The molecule has 0 aliphatic heterocycles. The Balaban J connectivity index is 1.70. The molecule has 182 valence electrons. The molecule has 0 amide bonds. The second-order valence-corrected chi connectivity index (χ2v) is 7.62. The van der Waals surface area contributed by atoms with E-state index in [4.69, 9.17) is 14.7 Å². The summed E-state index contributed by atoms with van der Waals surface area (Å²) in [5.41, 5.74) is 1.53. The predicted octanol–water partition coefficient (Wildman–Crippen LogP) is 5.70. The molecule has 10 nitrogen and oxygen atoms in total. The number of nitro benzene ring substituents is 1. The Labute approximate surface area is 208 Å². The number of hydrogen-bond acceptors (Lipinski definition) is 9. The van der Waals surface area contributed by atoms with Crippen LogP contribution in [0.1, 0.15) is 12.0 Å². The number of hydrogen-bond donors (Lipinski definition) is 0. The van der Waals surface area contributed by atoms with E-state index in [1.165, 1.54) is 12.1 Å². The minimum Gasteiger partial charge on any atom is -0.491 e. The van der Waals surface area contributed by atoms with Crippen molar-refractivity contribution in [2.75, 3.05) is 31.7 Å². The third-order valence-corrected chi connectivity index (χ3v) is 5.23. The molecule has 0 aromatic heterocycles. The van der Waals surface area contributed by atoms with Gasteiger partial charge in [0, 0.05) is 38.0 Å². The molecule has 1 atom stereocenters. The van der Waals surface area contributed by atoms with Gasteiger partial charge in [0.05, 0.1) is 28.7 Å². The van der Waals surface area contributed by atoms with E-state index in [-0.39, 0.29) is 23.0 Å². The Kier molecular flexibility index (Phi) is 9.45.